The topological polar surface area (TPSA) is 98.3 Å². The lowest BCUT2D eigenvalue weighted by molar-refractivity contribution is -0.385. The molecule has 0 aliphatic rings. The van der Waals surface area contributed by atoms with Crippen molar-refractivity contribution in [1.82, 2.24) is 5.32 Å². The van der Waals surface area contributed by atoms with Crippen LogP contribution in [0.3, 0.4) is 0 Å². The number of nitrogens with two attached hydrogens (primary N) is 1. The molecule has 2 rings (SSSR count). The van der Waals surface area contributed by atoms with Crippen molar-refractivity contribution in [1.29, 1.82) is 0 Å². The van der Waals surface area contributed by atoms with E-state index in [1.165, 1.54) is 6.07 Å². The van der Waals surface area contributed by atoms with Crippen molar-refractivity contribution in [3.8, 4) is 0 Å². The highest BCUT2D eigenvalue weighted by atomic mass is 35.5. The fraction of sp³-hybridized carbons (Fsp3) is 0.278. The molecule has 25 heavy (non-hydrogen) atoms. The average Bonchev–Trinajstić information content (AvgIpc) is 2.59. The molecule has 0 spiro atoms. The monoisotopic (exact) mass is 363 g/mol. The minimum absolute atomic E-state index is 0. The van der Waals surface area contributed by atoms with Crippen LogP contribution in [0.2, 0.25) is 0 Å². The van der Waals surface area contributed by atoms with Crippen molar-refractivity contribution < 1.29 is 9.72 Å². The van der Waals surface area contributed by atoms with Crippen LogP contribution in [0.25, 0.3) is 0 Å². The van der Waals surface area contributed by atoms with Gasteiger partial charge in [-0.2, -0.15) is 0 Å². The van der Waals surface area contributed by atoms with Crippen LogP contribution in [0.15, 0.2) is 48.5 Å². The first-order valence-corrected chi connectivity index (χ1v) is 7.73. The van der Waals surface area contributed by atoms with Gasteiger partial charge in [-0.05, 0) is 18.1 Å². The minimum atomic E-state index is -0.422. The minimum Gasteiger partial charge on any atom is -0.352 e. The molecule has 3 N–H and O–H groups in total. The van der Waals surface area contributed by atoms with E-state index in [4.69, 9.17) is 5.73 Å². The molecule has 0 radical (unpaired) electrons. The summed E-state index contributed by atoms with van der Waals surface area (Å²) in [6, 6.07) is 13.9. The molecule has 0 saturated carbocycles. The van der Waals surface area contributed by atoms with Gasteiger partial charge in [-0.15, -0.1) is 12.4 Å². The van der Waals surface area contributed by atoms with Crippen LogP contribution < -0.4 is 11.1 Å². The number of nitro groups is 1. The predicted molar refractivity (Wildman–Crippen MR) is 99.5 cm³/mol. The Kier molecular flexibility index (Phi) is 7.54. The van der Waals surface area contributed by atoms with Gasteiger partial charge in [0.15, 0.2) is 0 Å². The number of nitrogens with one attached hydrogen (secondary N) is 1. The summed E-state index contributed by atoms with van der Waals surface area (Å²) >= 11 is 0. The van der Waals surface area contributed by atoms with E-state index in [1.807, 2.05) is 30.3 Å². The number of hydrogen-bond acceptors (Lipinski definition) is 4. The number of carbonyl (C=O) groups is 1. The van der Waals surface area contributed by atoms with E-state index < -0.39 is 16.9 Å². The Hall–Kier alpha value is -2.44. The zero-order chi connectivity index (χ0) is 17.7. The summed E-state index contributed by atoms with van der Waals surface area (Å²) in [4.78, 5) is 22.9. The molecule has 0 fully saturated rings. The van der Waals surface area contributed by atoms with E-state index in [9.17, 15) is 14.9 Å². The first-order valence-electron chi connectivity index (χ1n) is 7.73. The molecule has 0 saturated heterocycles. The van der Waals surface area contributed by atoms with Gasteiger partial charge in [0.2, 0.25) is 5.91 Å². The maximum atomic E-state index is 12.3. The third-order valence-corrected chi connectivity index (χ3v) is 4.20. The Balaban J connectivity index is 0.00000312. The molecule has 0 heterocycles. The largest absolute Gasteiger partial charge is 0.352 e. The summed E-state index contributed by atoms with van der Waals surface area (Å²) < 4.78 is 0. The number of rotatable bonds is 6. The maximum absolute atomic E-state index is 12.3. The van der Waals surface area contributed by atoms with E-state index in [0.717, 1.165) is 11.1 Å². The van der Waals surface area contributed by atoms with Crippen LogP contribution in [-0.2, 0) is 11.3 Å². The standard InChI is InChI=1S/C18H21N3O3.ClH/c1-12-15(9-6-10-16(12)21(23)24)11-20-18(22)13(2)17(19)14-7-4-3-5-8-14;/h3-10,13,17H,11,19H2,1-2H3,(H,20,22);1H. The Bertz CT molecular complexity index is 738. The smallest absolute Gasteiger partial charge is 0.272 e. The van der Waals surface area contributed by atoms with E-state index in [2.05, 4.69) is 5.32 Å². The fourth-order valence-electron chi connectivity index (χ4n) is 2.53. The summed E-state index contributed by atoms with van der Waals surface area (Å²) in [5.41, 5.74) is 8.38. The molecule has 2 aromatic carbocycles. The van der Waals surface area contributed by atoms with Crippen LogP contribution in [0, 0.1) is 23.0 Å². The molecular formula is C18H22ClN3O3. The van der Waals surface area contributed by atoms with Crippen molar-refractivity contribution in [2.24, 2.45) is 11.7 Å². The molecule has 0 aromatic heterocycles. The second kappa shape index (κ2) is 9.15. The lowest BCUT2D eigenvalue weighted by atomic mass is 9.94. The number of benzene rings is 2. The van der Waals surface area contributed by atoms with Crippen molar-refractivity contribution in [3.05, 3.63) is 75.3 Å². The number of nitrogens with zero attached hydrogens (tertiary/aromatic N) is 1. The highest BCUT2D eigenvalue weighted by molar-refractivity contribution is 5.85. The van der Waals surface area contributed by atoms with Gasteiger partial charge in [-0.25, -0.2) is 0 Å². The number of hydrogen-bond donors (Lipinski definition) is 2. The summed E-state index contributed by atoms with van der Waals surface area (Å²) in [7, 11) is 0. The summed E-state index contributed by atoms with van der Waals surface area (Å²) in [5, 5.41) is 13.8. The third kappa shape index (κ3) is 5.01. The van der Waals surface area contributed by atoms with Gasteiger partial charge in [0, 0.05) is 24.2 Å². The third-order valence-electron chi connectivity index (χ3n) is 4.20. The lowest BCUT2D eigenvalue weighted by Gasteiger charge is -2.20. The molecular weight excluding hydrogens is 342 g/mol. The van der Waals surface area contributed by atoms with Gasteiger partial charge in [0.25, 0.3) is 5.69 Å². The van der Waals surface area contributed by atoms with Crippen molar-refractivity contribution in [3.63, 3.8) is 0 Å². The predicted octanol–water partition coefficient (Wildman–Crippen LogP) is 3.28. The SMILES string of the molecule is Cc1c(CNC(=O)C(C)C(N)c2ccccc2)cccc1[N+](=O)[O-].Cl. The second-order valence-electron chi connectivity index (χ2n) is 5.76. The van der Waals surface area contributed by atoms with Gasteiger partial charge in [-0.1, -0.05) is 49.4 Å². The second-order valence-corrected chi connectivity index (χ2v) is 5.76. The molecule has 2 atom stereocenters. The van der Waals surface area contributed by atoms with Gasteiger partial charge in [-0.3, -0.25) is 14.9 Å². The van der Waals surface area contributed by atoms with Crippen LogP contribution in [0.1, 0.15) is 29.7 Å². The van der Waals surface area contributed by atoms with Crippen LogP contribution >= 0.6 is 12.4 Å². The zero-order valence-electron chi connectivity index (χ0n) is 14.1. The first kappa shape index (κ1) is 20.6. The Morgan fingerprint density at radius 1 is 1.20 bits per heavy atom. The molecule has 1 amide bonds. The zero-order valence-corrected chi connectivity index (χ0v) is 15.0. The molecule has 0 aliphatic carbocycles. The van der Waals surface area contributed by atoms with Crippen molar-refractivity contribution in [2.45, 2.75) is 26.4 Å². The summed E-state index contributed by atoms with van der Waals surface area (Å²) in [6.45, 7) is 3.68. The number of nitro benzene ring substituents is 1. The average molecular weight is 364 g/mol. The van der Waals surface area contributed by atoms with Gasteiger partial charge >= 0.3 is 0 Å². The number of amides is 1. The molecule has 6 nitrogen and oxygen atoms in total. The van der Waals surface area contributed by atoms with E-state index in [-0.39, 0.29) is 30.5 Å². The highest BCUT2D eigenvalue weighted by Crippen LogP contribution is 2.22. The van der Waals surface area contributed by atoms with Gasteiger partial charge in [0.1, 0.15) is 0 Å². The quantitative estimate of drug-likeness (QED) is 0.607. The normalized spacial score (nSPS) is 12.6. The van der Waals surface area contributed by atoms with Crippen LogP contribution in [0.5, 0.6) is 0 Å². The van der Waals surface area contributed by atoms with Crippen molar-refractivity contribution >= 4 is 24.0 Å². The summed E-state index contributed by atoms with van der Waals surface area (Å²) in [5.74, 6) is -0.594. The van der Waals surface area contributed by atoms with E-state index >= 15 is 0 Å². The molecule has 2 aromatic rings. The molecule has 0 aliphatic heterocycles. The van der Waals surface area contributed by atoms with Gasteiger partial charge in [0.05, 0.1) is 10.8 Å². The number of carbonyl (C=O) groups excluding carboxylic acids is 1. The molecule has 0 bridgehead atoms. The maximum Gasteiger partial charge on any atom is 0.272 e. The highest BCUT2D eigenvalue weighted by Gasteiger charge is 2.22. The molecule has 7 heteroatoms. The van der Waals surface area contributed by atoms with Gasteiger partial charge < -0.3 is 11.1 Å². The first-order chi connectivity index (χ1) is 11.4. The molecule has 134 valence electrons. The van der Waals surface area contributed by atoms with E-state index in [0.29, 0.717) is 5.56 Å². The van der Waals surface area contributed by atoms with Crippen LogP contribution in [0.4, 0.5) is 5.69 Å². The Morgan fingerprint density at radius 2 is 1.84 bits per heavy atom. The summed E-state index contributed by atoms with van der Waals surface area (Å²) in [6.07, 6.45) is 0. The Labute approximate surface area is 153 Å². The molecule has 2 unspecified atom stereocenters. The van der Waals surface area contributed by atoms with Crippen LogP contribution in [-0.4, -0.2) is 10.8 Å². The van der Waals surface area contributed by atoms with Crippen molar-refractivity contribution in [2.75, 3.05) is 0 Å². The lowest BCUT2D eigenvalue weighted by Crippen LogP contribution is -2.35. The Morgan fingerprint density at radius 3 is 2.44 bits per heavy atom. The number of halogens is 1. The van der Waals surface area contributed by atoms with E-state index in [1.54, 1.807) is 26.0 Å². The fourth-order valence-corrected chi connectivity index (χ4v) is 2.53.